The summed E-state index contributed by atoms with van der Waals surface area (Å²) in [6, 6.07) is 5.33. The molecule has 0 saturated carbocycles. The zero-order valence-electron chi connectivity index (χ0n) is 10.3. The highest BCUT2D eigenvalue weighted by Gasteiger charge is 2.32. The van der Waals surface area contributed by atoms with E-state index in [2.05, 4.69) is 6.58 Å². The third-order valence-corrected chi connectivity index (χ3v) is 3.36. The van der Waals surface area contributed by atoms with Gasteiger partial charge in [-0.2, -0.15) is 13.2 Å². The van der Waals surface area contributed by atoms with Crippen LogP contribution < -0.4 is 0 Å². The average Bonchev–Trinajstić information content (AvgIpc) is 2.86. The van der Waals surface area contributed by atoms with Crippen molar-refractivity contribution in [3.8, 4) is 0 Å². The number of rotatable bonds is 2. The first kappa shape index (κ1) is 13.6. The van der Waals surface area contributed by atoms with Crippen molar-refractivity contribution in [1.82, 2.24) is 4.90 Å². The second-order valence-corrected chi connectivity index (χ2v) is 4.60. The van der Waals surface area contributed by atoms with Crippen molar-refractivity contribution < 1.29 is 18.0 Å². The number of alkyl halides is 3. The third-order valence-electron chi connectivity index (χ3n) is 3.36. The molecule has 0 N–H and O–H groups in total. The predicted molar refractivity (Wildman–Crippen MR) is 65.6 cm³/mol. The summed E-state index contributed by atoms with van der Waals surface area (Å²) in [5.74, 6) is -0.208. The van der Waals surface area contributed by atoms with Gasteiger partial charge in [0.05, 0.1) is 5.56 Å². The molecule has 2 nitrogen and oxygen atoms in total. The standard InChI is InChI=1S/C14H14F3NO/c1-2-13(19)18-7-6-11(9-18)10-4-3-5-12(8-10)14(15,16)17/h2-5,8,11H,1,6-7,9H2. The molecule has 2 rings (SSSR count). The molecule has 1 aliphatic heterocycles. The lowest BCUT2D eigenvalue weighted by Crippen LogP contribution is -2.26. The van der Waals surface area contributed by atoms with Crippen molar-refractivity contribution in [3.05, 3.63) is 48.0 Å². The number of benzene rings is 1. The van der Waals surface area contributed by atoms with Gasteiger partial charge in [0.15, 0.2) is 0 Å². The fraction of sp³-hybridized carbons (Fsp3) is 0.357. The molecule has 1 amide bonds. The molecule has 0 spiro atoms. The molecule has 0 radical (unpaired) electrons. The second kappa shape index (κ2) is 5.07. The van der Waals surface area contributed by atoms with Gasteiger partial charge in [0.1, 0.15) is 0 Å². The number of carbonyl (C=O) groups is 1. The largest absolute Gasteiger partial charge is 0.416 e. The van der Waals surface area contributed by atoms with E-state index in [1.165, 1.54) is 18.2 Å². The van der Waals surface area contributed by atoms with E-state index in [1.807, 2.05) is 0 Å². The van der Waals surface area contributed by atoms with Gasteiger partial charge in [0.2, 0.25) is 5.91 Å². The zero-order chi connectivity index (χ0) is 14.0. The highest BCUT2D eigenvalue weighted by atomic mass is 19.4. The first-order valence-corrected chi connectivity index (χ1v) is 6.00. The van der Waals surface area contributed by atoms with Gasteiger partial charge in [-0.3, -0.25) is 4.79 Å². The summed E-state index contributed by atoms with van der Waals surface area (Å²) in [5, 5.41) is 0. The predicted octanol–water partition coefficient (Wildman–Crippen LogP) is 3.21. The van der Waals surface area contributed by atoms with Crippen LogP contribution in [0.2, 0.25) is 0 Å². The second-order valence-electron chi connectivity index (χ2n) is 4.60. The Morgan fingerprint density at radius 3 is 2.79 bits per heavy atom. The first-order chi connectivity index (χ1) is 8.91. The van der Waals surface area contributed by atoms with Crippen molar-refractivity contribution in [1.29, 1.82) is 0 Å². The molecule has 1 aliphatic rings. The van der Waals surface area contributed by atoms with Gasteiger partial charge >= 0.3 is 6.18 Å². The van der Waals surface area contributed by atoms with Crippen molar-refractivity contribution >= 4 is 5.91 Å². The molecule has 0 aliphatic carbocycles. The van der Waals surface area contributed by atoms with E-state index in [0.29, 0.717) is 25.1 Å². The van der Waals surface area contributed by atoms with Gasteiger partial charge < -0.3 is 4.90 Å². The first-order valence-electron chi connectivity index (χ1n) is 6.00. The number of amides is 1. The molecule has 1 saturated heterocycles. The molecule has 1 aromatic carbocycles. The van der Waals surface area contributed by atoms with Gasteiger partial charge in [-0.25, -0.2) is 0 Å². The lowest BCUT2D eigenvalue weighted by molar-refractivity contribution is -0.137. The number of hydrogen-bond donors (Lipinski definition) is 0. The molecule has 0 bridgehead atoms. The van der Waals surface area contributed by atoms with E-state index in [-0.39, 0.29) is 11.8 Å². The zero-order valence-corrected chi connectivity index (χ0v) is 10.3. The summed E-state index contributed by atoms with van der Waals surface area (Å²) >= 11 is 0. The van der Waals surface area contributed by atoms with Crippen LogP contribution in [0.5, 0.6) is 0 Å². The Kier molecular flexibility index (Phi) is 3.64. The smallest absolute Gasteiger partial charge is 0.339 e. The molecule has 19 heavy (non-hydrogen) atoms. The molecule has 1 heterocycles. The van der Waals surface area contributed by atoms with E-state index in [9.17, 15) is 18.0 Å². The summed E-state index contributed by atoms with van der Waals surface area (Å²) in [6.07, 6.45) is -2.42. The van der Waals surface area contributed by atoms with E-state index in [4.69, 9.17) is 0 Å². The Hall–Kier alpha value is -1.78. The van der Waals surface area contributed by atoms with E-state index in [1.54, 1.807) is 11.0 Å². The SMILES string of the molecule is C=CC(=O)N1CCC(c2cccc(C(F)(F)F)c2)C1. The highest BCUT2D eigenvalue weighted by Crippen LogP contribution is 2.33. The van der Waals surface area contributed by atoms with E-state index in [0.717, 1.165) is 6.07 Å². The number of nitrogens with zero attached hydrogens (tertiary/aromatic N) is 1. The Bertz CT molecular complexity index is 496. The van der Waals surface area contributed by atoms with Crippen LogP contribution in [0.3, 0.4) is 0 Å². The normalized spacial score (nSPS) is 19.5. The molecule has 5 heteroatoms. The van der Waals surface area contributed by atoms with Crippen LogP contribution in [0.25, 0.3) is 0 Å². The molecule has 1 aromatic rings. The summed E-state index contributed by atoms with van der Waals surface area (Å²) < 4.78 is 37.9. The fourth-order valence-electron chi connectivity index (χ4n) is 2.33. The van der Waals surface area contributed by atoms with Crippen molar-refractivity contribution in [2.45, 2.75) is 18.5 Å². The minimum Gasteiger partial charge on any atom is -0.339 e. The molecule has 1 unspecified atom stereocenters. The molecule has 102 valence electrons. The Balaban J connectivity index is 2.16. The summed E-state index contributed by atoms with van der Waals surface area (Å²) in [7, 11) is 0. The monoisotopic (exact) mass is 269 g/mol. The molecular weight excluding hydrogens is 255 g/mol. The van der Waals surface area contributed by atoms with Crippen molar-refractivity contribution in [3.63, 3.8) is 0 Å². The van der Waals surface area contributed by atoms with Gasteiger partial charge in [-0.15, -0.1) is 0 Å². The summed E-state index contributed by atoms with van der Waals surface area (Å²) in [6.45, 7) is 4.42. The van der Waals surface area contributed by atoms with Crippen LogP contribution in [-0.2, 0) is 11.0 Å². The van der Waals surface area contributed by atoms with Crippen LogP contribution >= 0.6 is 0 Å². The third kappa shape index (κ3) is 2.97. The van der Waals surface area contributed by atoms with Crippen LogP contribution in [0.1, 0.15) is 23.5 Å². The quantitative estimate of drug-likeness (QED) is 0.755. The molecule has 0 aromatic heterocycles. The van der Waals surface area contributed by atoms with Crippen LogP contribution in [0.15, 0.2) is 36.9 Å². The number of halogens is 3. The van der Waals surface area contributed by atoms with Crippen LogP contribution in [0.4, 0.5) is 13.2 Å². The average molecular weight is 269 g/mol. The topological polar surface area (TPSA) is 20.3 Å². The molecule has 1 atom stereocenters. The Morgan fingerprint density at radius 1 is 1.42 bits per heavy atom. The molecule has 1 fully saturated rings. The number of carbonyl (C=O) groups excluding carboxylic acids is 1. The summed E-state index contributed by atoms with van der Waals surface area (Å²) in [4.78, 5) is 13.1. The highest BCUT2D eigenvalue weighted by molar-refractivity contribution is 5.87. The minimum atomic E-state index is -4.33. The Morgan fingerprint density at radius 2 is 2.16 bits per heavy atom. The number of hydrogen-bond acceptors (Lipinski definition) is 1. The minimum absolute atomic E-state index is 0.0359. The van der Waals surface area contributed by atoms with Gasteiger partial charge in [-0.05, 0) is 24.1 Å². The maximum absolute atomic E-state index is 12.6. The lowest BCUT2D eigenvalue weighted by Gasteiger charge is -2.15. The van der Waals surface area contributed by atoms with Crippen molar-refractivity contribution in [2.24, 2.45) is 0 Å². The van der Waals surface area contributed by atoms with Crippen molar-refractivity contribution in [2.75, 3.05) is 13.1 Å². The number of likely N-dealkylation sites (tertiary alicyclic amines) is 1. The van der Waals surface area contributed by atoms with Gasteiger partial charge in [-0.1, -0.05) is 24.8 Å². The lowest BCUT2D eigenvalue weighted by atomic mass is 9.96. The van der Waals surface area contributed by atoms with Gasteiger partial charge in [0.25, 0.3) is 0 Å². The van der Waals surface area contributed by atoms with Crippen LogP contribution in [-0.4, -0.2) is 23.9 Å². The fourth-order valence-corrected chi connectivity index (χ4v) is 2.33. The maximum atomic E-state index is 12.6. The molecular formula is C14H14F3NO. The van der Waals surface area contributed by atoms with E-state index >= 15 is 0 Å². The summed E-state index contributed by atoms with van der Waals surface area (Å²) in [5.41, 5.74) is -0.00677. The van der Waals surface area contributed by atoms with E-state index < -0.39 is 11.7 Å². The maximum Gasteiger partial charge on any atom is 0.416 e. The Labute approximate surface area is 109 Å². The van der Waals surface area contributed by atoms with Crippen LogP contribution in [0, 0.1) is 0 Å². The van der Waals surface area contributed by atoms with Gasteiger partial charge in [0, 0.05) is 19.0 Å².